The van der Waals surface area contributed by atoms with E-state index in [1.807, 2.05) is 23.1 Å². The highest BCUT2D eigenvalue weighted by atomic mass is 16.5. The molecule has 0 aromatic heterocycles. The van der Waals surface area contributed by atoms with Gasteiger partial charge in [-0.15, -0.1) is 0 Å². The maximum atomic E-state index is 11.5. The van der Waals surface area contributed by atoms with Crippen LogP contribution in [-0.4, -0.2) is 55.9 Å². The normalized spacial score (nSPS) is 14.3. The summed E-state index contributed by atoms with van der Waals surface area (Å²) in [6.45, 7) is 3.59. The highest BCUT2D eigenvalue weighted by molar-refractivity contribution is 5.77. The molecule has 6 heteroatoms. The van der Waals surface area contributed by atoms with Crippen molar-refractivity contribution in [3.8, 4) is 11.5 Å². The standard InChI is InChI=1S/C17H26N2O4/c1-22-16-12-14(5-6-15(16)23-11-10-20)13-18-7-3-9-19-8-2-4-17(19)21/h5-6,12,18,20H,2-4,7-11,13H2,1H3. The minimum absolute atomic E-state index is 0.0218. The molecule has 0 saturated carbocycles. The molecule has 0 unspecified atom stereocenters. The molecular weight excluding hydrogens is 296 g/mol. The van der Waals surface area contributed by atoms with Gasteiger partial charge in [0.2, 0.25) is 5.91 Å². The second kappa shape index (κ2) is 9.37. The maximum absolute atomic E-state index is 11.5. The second-order valence-electron chi connectivity index (χ2n) is 5.57. The molecule has 1 aliphatic heterocycles. The quantitative estimate of drug-likeness (QED) is 0.633. The molecule has 0 atom stereocenters. The molecule has 6 nitrogen and oxygen atoms in total. The van der Waals surface area contributed by atoms with Gasteiger partial charge in [-0.3, -0.25) is 4.79 Å². The number of hydrogen-bond donors (Lipinski definition) is 2. The molecule has 1 aromatic rings. The van der Waals surface area contributed by atoms with E-state index in [0.717, 1.165) is 44.6 Å². The first-order chi connectivity index (χ1) is 11.2. The zero-order chi connectivity index (χ0) is 16.5. The summed E-state index contributed by atoms with van der Waals surface area (Å²) >= 11 is 0. The van der Waals surface area contributed by atoms with E-state index in [-0.39, 0.29) is 19.1 Å². The van der Waals surface area contributed by atoms with Gasteiger partial charge in [0, 0.05) is 26.1 Å². The zero-order valence-electron chi connectivity index (χ0n) is 13.7. The third-order valence-electron chi connectivity index (χ3n) is 3.86. The first-order valence-corrected chi connectivity index (χ1v) is 8.13. The summed E-state index contributed by atoms with van der Waals surface area (Å²) in [4.78, 5) is 13.4. The minimum Gasteiger partial charge on any atom is -0.493 e. The van der Waals surface area contributed by atoms with Crippen molar-refractivity contribution in [3.05, 3.63) is 23.8 Å². The topological polar surface area (TPSA) is 71.0 Å². The van der Waals surface area contributed by atoms with Gasteiger partial charge in [-0.05, 0) is 37.1 Å². The van der Waals surface area contributed by atoms with Crippen molar-refractivity contribution >= 4 is 5.91 Å². The van der Waals surface area contributed by atoms with Crippen LogP contribution in [0.25, 0.3) is 0 Å². The summed E-state index contributed by atoms with van der Waals surface area (Å²) in [5.41, 5.74) is 1.11. The van der Waals surface area contributed by atoms with E-state index in [1.165, 1.54) is 0 Å². The van der Waals surface area contributed by atoms with Gasteiger partial charge >= 0.3 is 0 Å². The van der Waals surface area contributed by atoms with Crippen molar-refractivity contribution in [2.45, 2.75) is 25.8 Å². The lowest BCUT2D eigenvalue weighted by atomic mass is 10.2. The third kappa shape index (κ3) is 5.41. The van der Waals surface area contributed by atoms with Crippen molar-refractivity contribution in [1.82, 2.24) is 10.2 Å². The number of benzene rings is 1. The number of methoxy groups -OCH3 is 1. The van der Waals surface area contributed by atoms with E-state index < -0.39 is 0 Å². The van der Waals surface area contributed by atoms with E-state index >= 15 is 0 Å². The van der Waals surface area contributed by atoms with Gasteiger partial charge in [-0.1, -0.05) is 6.07 Å². The molecule has 2 N–H and O–H groups in total. The zero-order valence-corrected chi connectivity index (χ0v) is 13.7. The van der Waals surface area contributed by atoms with Gasteiger partial charge in [0.05, 0.1) is 13.7 Å². The predicted octanol–water partition coefficient (Wildman–Crippen LogP) is 1.17. The van der Waals surface area contributed by atoms with Crippen molar-refractivity contribution in [3.63, 3.8) is 0 Å². The van der Waals surface area contributed by atoms with Crippen LogP contribution in [-0.2, 0) is 11.3 Å². The van der Waals surface area contributed by atoms with Crippen molar-refractivity contribution in [2.24, 2.45) is 0 Å². The lowest BCUT2D eigenvalue weighted by Gasteiger charge is -2.15. The fourth-order valence-corrected chi connectivity index (χ4v) is 2.66. The molecule has 1 amide bonds. The van der Waals surface area contributed by atoms with Crippen LogP contribution in [0.2, 0.25) is 0 Å². The Morgan fingerprint density at radius 1 is 1.35 bits per heavy atom. The average molecular weight is 322 g/mol. The largest absolute Gasteiger partial charge is 0.493 e. The molecule has 0 spiro atoms. The van der Waals surface area contributed by atoms with Crippen LogP contribution in [0.5, 0.6) is 11.5 Å². The number of nitrogens with one attached hydrogen (secondary N) is 1. The van der Waals surface area contributed by atoms with E-state index in [4.69, 9.17) is 14.6 Å². The lowest BCUT2D eigenvalue weighted by Crippen LogP contribution is -2.28. The van der Waals surface area contributed by atoms with Crippen LogP contribution in [0.1, 0.15) is 24.8 Å². The molecular formula is C17H26N2O4. The highest BCUT2D eigenvalue weighted by Gasteiger charge is 2.18. The maximum Gasteiger partial charge on any atom is 0.222 e. The van der Waals surface area contributed by atoms with Gasteiger partial charge in [-0.2, -0.15) is 0 Å². The SMILES string of the molecule is COc1cc(CNCCCN2CCCC2=O)ccc1OCCO. The van der Waals surface area contributed by atoms with Gasteiger partial charge in [0.25, 0.3) is 0 Å². The fraction of sp³-hybridized carbons (Fsp3) is 0.588. The molecule has 1 saturated heterocycles. The second-order valence-corrected chi connectivity index (χ2v) is 5.57. The number of carbonyl (C=O) groups is 1. The van der Waals surface area contributed by atoms with E-state index in [1.54, 1.807) is 7.11 Å². The smallest absolute Gasteiger partial charge is 0.222 e. The number of amides is 1. The monoisotopic (exact) mass is 322 g/mol. The summed E-state index contributed by atoms with van der Waals surface area (Å²) in [6.07, 6.45) is 2.66. The molecule has 128 valence electrons. The Bertz CT molecular complexity index is 507. The number of carbonyl (C=O) groups excluding carboxylic acids is 1. The molecule has 0 radical (unpaired) electrons. The molecule has 1 heterocycles. The number of nitrogens with zero attached hydrogens (tertiary/aromatic N) is 1. The molecule has 1 aromatic carbocycles. The van der Waals surface area contributed by atoms with Crippen molar-refractivity contribution in [2.75, 3.05) is 40.0 Å². The molecule has 0 bridgehead atoms. The Morgan fingerprint density at radius 2 is 2.22 bits per heavy atom. The highest BCUT2D eigenvalue weighted by Crippen LogP contribution is 2.27. The van der Waals surface area contributed by atoms with Gasteiger partial charge in [0.15, 0.2) is 11.5 Å². The fourth-order valence-electron chi connectivity index (χ4n) is 2.66. The number of ether oxygens (including phenoxy) is 2. The number of aliphatic hydroxyl groups is 1. The van der Waals surface area contributed by atoms with Gasteiger partial charge in [-0.25, -0.2) is 0 Å². The molecule has 2 rings (SSSR count). The first kappa shape index (κ1) is 17.6. The van der Waals surface area contributed by atoms with Gasteiger partial charge in [0.1, 0.15) is 6.61 Å². The summed E-state index contributed by atoms with van der Waals surface area (Å²) in [6, 6.07) is 5.77. The predicted molar refractivity (Wildman–Crippen MR) is 87.7 cm³/mol. The van der Waals surface area contributed by atoms with Crippen LogP contribution in [0.15, 0.2) is 18.2 Å². The number of likely N-dealkylation sites (tertiary alicyclic amines) is 1. The Labute approximate surface area is 137 Å². The Balaban J connectivity index is 1.71. The van der Waals surface area contributed by atoms with Crippen molar-refractivity contribution in [1.29, 1.82) is 0 Å². The first-order valence-electron chi connectivity index (χ1n) is 8.13. The van der Waals surface area contributed by atoms with E-state index in [2.05, 4.69) is 5.32 Å². The molecule has 0 aliphatic carbocycles. The molecule has 1 aliphatic rings. The summed E-state index contributed by atoms with van der Waals surface area (Å²) in [7, 11) is 1.60. The Morgan fingerprint density at radius 3 is 2.91 bits per heavy atom. The third-order valence-corrected chi connectivity index (χ3v) is 3.86. The summed E-state index contributed by atoms with van der Waals surface area (Å²) < 4.78 is 10.7. The lowest BCUT2D eigenvalue weighted by molar-refractivity contribution is -0.127. The van der Waals surface area contributed by atoms with Gasteiger partial charge < -0.3 is 24.8 Å². The number of aliphatic hydroxyl groups excluding tert-OH is 1. The summed E-state index contributed by atoms with van der Waals surface area (Å²) in [5, 5.41) is 12.2. The average Bonchev–Trinajstić information content (AvgIpc) is 2.98. The summed E-state index contributed by atoms with van der Waals surface area (Å²) in [5.74, 6) is 1.59. The number of hydrogen-bond acceptors (Lipinski definition) is 5. The van der Waals surface area contributed by atoms with Crippen LogP contribution < -0.4 is 14.8 Å². The minimum atomic E-state index is -0.0218. The van der Waals surface area contributed by atoms with E-state index in [9.17, 15) is 4.79 Å². The van der Waals surface area contributed by atoms with Crippen LogP contribution in [0, 0.1) is 0 Å². The van der Waals surface area contributed by atoms with Crippen LogP contribution >= 0.6 is 0 Å². The molecule has 1 fully saturated rings. The Hall–Kier alpha value is -1.79. The Kier molecular flexibility index (Phi) is 7.16. The van der Waals surface area contributed by atoms with E-state index in [0.29, 0.717) is 17.9 Å². The number of rotatable bonds is 10. The van der Waals surface area contributed by atoms with Crippen LogP contribution in [0.3, 0.4) is 0 Å². The van der Waals surface area contributed by atoms with Crippen LogP contribution in [0.4, 0.5) is 0 Å². The van der Waals surface area contributed by atoms with Crippen molar-refractivity contribution < 1.29 is 19.4 Å². The molecule has 23 heavy (non-hydrogen) atoms.